The molecular formula is C16H23ClFN. The SMILES string of the molecule is CCC1CCC(NC(C)c2ccc(F)cc2Cl)CC1. The van der Waals surface area contributed by atoms with Crippen LogP contribution in [0.1, 0.15) is 57.6 Å². The fourth-order valence-corrected chi connectivity index (χ4v) is 3.36. The van der Waals surface area contributed by atoms with Crippen molar-refractivity contribution < 1.29 is 4.39 Å². The van der Waals surface area contributed by atoms with Crippen LogP contribution in [0.4, 0.5) is 4.39 Å². The number of rotatable bonds is 4. The summed E-state index contributed by atoms with van der Waals surface area (Å²) in [5.41, 5.74) is 0.987. The Kier molecular flexibility index (Phi) is 5.23. The number of benzene rings is 1. The normalized spacial score (nSPS) is 25.3. The highest BCUT2D eigenvalue weighted by molar-refractivity contribution is 6.31. The molecule has 106 valence electrons. The van der Waals surface area contributed by atoms with Crippen LogP contribution >= 0.6 is 11.6 Å². The van der Waals surface area contributed by atoms with Gasteiger partial charge in [-0.05, 0) is 56.2 Å². The van der Waals surface area contributed by atoms with Crippen LogP contribution in [0.25, 0.3) is 0 Å². The third kappa shape index (κ3) is 3.93. The van der Waals surface area contributed by atoms with Crippen molar-refractivity contribution in [2.24, 2.45) is 5.92 Å². The summed E-state index contributed by atoms with van der Waals surface area (Å²) in [4.78, 5) is 0. The van der Waals surface area contributed by atoms with Crippen molar-refractivity contribution in [3.8, 4) is 0 Å². The van der Waals surface area contributed by atoms with Crippen molar-refractivity contribution in [1.29, 1.82) is 0 Å². The molecule has 0 aromatic heterocycles. The van der Waals surface area contributed by atoms with E-state index >= 15 is 0 Å². The van der Waals surface area contributed by atoms with Crippen LogP contribution in [-0.4, -0.2) is 6.04 Å². The van der Waals surface area contributed by atoms with Gasteiger partial charge in [0.05, 0.1) is 0 Å². The van der Waals surface area contributed by atoms with Crippen molar-refractivity contribution in [3.63, 3.8) is 0 Å². The van der Waals surface area contributed by atoms with Crippen LogP contribution in [-0.2, 0) is 0 Å². The minimum atomic E-state index is -0.274. The average molecular weight is 284 g/mol. The maximum Gasteiger partial charge on any atom is 0.124 e. The molecule has 0 aliphatic heterocycles. The van der Waals surface area contributed by atoms with Gasteiger partial charge in [-0.2, -0.15) is 0 Å². The zero-order chi connectivity index (χ0) is 13.8. The van der Waals surface area contributed by atoms with Gasteiger partial charge in [0, 0.05) is 17.1 Å². The first kappa shape index (κ1) is 14.8. The van der Waals surface area contributed by atoms with Gasteiger partial charge in [-0.15, -0.1) is 0 Å². The van der Waals surface area contributed by atoms with E-state index in [0.29, 0.717) is 11.1 Å². The van der Waals surface area contributed by atoms with E-state index in [1.165, 1.54) is 44.2 Å². The molecule has 1 nitrogen and oxygen atoms in total. The lowest BCUT2D eigenvalue weighted by Crippen LogP contribution is -2.35. The Bertz CT molecular complexity index is 413. The van der Waals surface area contributed by atoms with E-state index in [-0.39, 0.29) is 11.9 Å². The first-order valence-electron chi connectivity index (χ1n) is 7.31. The van der Waals surface area contributed by atoms with Crippen molar-refractivity contribution in [1.82, 2.24) is 5.32 Å². The molecule has 1 aliphatic carbocycles. The molecule has 1 unspecified atom stereocenters. The van der Waals surface area contributed by atoms with Gasteiger partial charge in [-0.1, -0.05) is 31.0 Å². The lowest BCUT2D eigenvalue weighted by atomic mass is 9.84. The second-order valence-corrected chi connectivity index (χ2v) is 6.09. The quantitative estimate of drug-likeness (QED) is 0.811. The molecular weight excluding hydrogens is 261 g/mol. The molecule has 0 radical (unpaired) electrons. The zero-order valence-electron chi connectivity index (χ0n) is 11.8. The van der Waals surface area contributed by atoms with E-state index in [1.807, 2.05) is 0 Å². The lowest BCUT2D eigenvalue weighted by Gasteiger charge is -2.31. The molecule has 1 atom stereocenters. The summed E-state index contributed by atoms with van der Waals surface area (Å²) >= 11 is 6.11. The van der Waals surface area contributed by atoms with E-state index < -0.39 is 0 Å². The van der Waals surface area contributed by atoms with Crippen LogP contribution in [0.5, 0.6) is 0 Å². The molecule has 19 heavy (non-hydrogen) atoms. The maximum absolute atomic E-state index is 13.0. The fraction of sp³-hybridized carbons (Fsp3) is 0.625. The summed E-state index contributed by atoms with van der Waals surface area (Å²) in [6.45, 7) is 4.38. The van der Waals surface area contributed by atoms with Gasteiger partial charge in [0.1, 0.15) is 5.82 Å². The Balaban J connectivity index is 1.92. The molecule has 0 amide bonds. The first-order valence-corrected chi connectivity index (χ1v) is 7.69. The van der Waals surface area contributed by atoms with Crippen LogP contribution in [0.15, 0.2) is 18.2 Å². The standard InChI is InChI=1S/C16H23ClFN/c1-3-12-4-7-14(8-5-12)19-11(2)15-9-6-13(18)10-16(15)17/h6,9-12,14,19H,3-5,7-8H2,1-2H3. The van der Waals surface area contributed by atoms with Crippen LogP contribution in [0, 0.1) is 11.7 Å². The minimum absolute atomic E-state index is 0.177. The molecule has 0 spiro atoms. The summed E-state index contributed by atoms with van der Waals surface area (Å²) in [6, 6.07) is 5.40. The van der Waals surface area contributed by atoms with Crippen molar-refractivity contribution in [2.45, 2.75) is 58.0 Å². The molecule has 2 rings (SSSR count). The second-order valence-electron chi connectivity index (χ2n) is 5.68. The number of hydrogen-bond acceptors (Lipinski definition) is 1. The van der Waals surface area contributed by atoms with E-state index in [1.54, 1.807) is 6.07 Å². The van der Waals surface area contributed by atoms with Gasteiger partial charge in [0.25, 0.3) is 0 Å². The topological polar surface area (TPSA) is 12.0 Å². The Morgan fingerprint density at radius 3 is 2.58 bits per heavy atom. The third-order valence-corrected chi connectivity index (χ3v) is 4.67. The average Bonchev–Trinajstić information content (AvgIpc) is 2.39. The summed E-state index contributed by atoms with van der Waals surface area (Å²) in [6.07, 6.45) is 6.41. The number of hydrogen-bond donors (Lipinski definition) is 1. The van der Waals surface area contributed by atoms with Crippen LogP contribution in [0.2, 0.25) is 5.02 Å². The molecule has 1 saturated carbocycles. The van der Waals surface area contributed by atoms with E-state index in [0.717, 1.165) is 11.5 Å². The van der Waals surface area contributed by atoms with Gasteiger partial charge in [-0.25, -0.2) is 4.39 Å². The highest BCUT2D eigenvalue weighted by atomic mass is 35.5. The third-order valence-electron chi connectivity index (χ3n) is 4.34. The number of halogens is 2. The lowest BCUT2D eigenvalue weighted by molar-refractivity contribution is 0.273. The Labute approximate surface area is 120 Å². The Hall–Kier alpha value is -0.600. The molecule has 1 aliphatic rings. The molecule has 1 aromatic rings. The van der Waals surface area contributed by atoms with E-state index in [9.17, 15) is 4.39 Å². The summed E-state index contributed by atoms with van der Waals surface area (Å²) in [5.74, 6) is 0.632. The molecule has 0 bridgehead atoms. The van der Waals surface area contributed by atoms with E-state index in [4.69, 9.17) is 11.6 Å². The highest BCUT2D eigenvalue weighted by Gasteiger charge is 2.22. The van der Waals surface area contributed by atoms with Gasteiger partial charge in [0.15, 0.2) is 0 Å². The highest BCUT2D eigenvalue weighted by Crippen LogP contribution is 2.29. The predicted molar refractivity (Wildman–Crippen MR) is 79.0 cm³/mol. The second kappa shape index (κ2) is 6.71. The maximum atomic E-state index is 13.0. The van der Waals surface area contributed by atoms with Crippen LogP contribution in [0.3, 0.4) is 0 Å². The van der Waals surface area contributed by atoms with Crippen molar-refractivity contribution in [2.75, 3.05) is 0 Å². The first-order chi connectivity index (χ1) is 9.10. The monoisotopic (exact) mass is 283 g/mol. The van der Waals surface area contributed by atoms with Crippen molar-refractivity contribution in [3.05, 3.63) is 34.6 Å². The Morgan fingerprint density at radius 2 is 2.00 bits per heavy atom. The molecule has 1 fully saturated rings. The predicted octanol–water partition coefficient (Wildman–Crippen LogP) is 5.10. The summed E-state index contributed by atoms with van der Waals surface area (Å²) in [7, 11) is 0. The van der Waals surface area contributed by atoms with Crippen LogP contribution < -0.4 is 5.32 Å². The molecule has 0 heterocycles. The molecule has 1 aromatic carbocycles. The van der Waals surface area contributed by atoms with Gasteiger partial charge in [-0.3, -0.25) is 0 Å². The Morgan fingerprint density at radius 1 is 1.32 bits per heavy atom. The van der Waals surface area contributed by atoms with Gasteiger partial charge < -0.3 is 5.32 Å². The smallest absolute Gasteiger partial charge is 0.124 e. The fourth-order valence-electron chi connectivity index (χ4n) is 3.03. The van der Waals surface area contributed by atoms with Crippen molar-refractivity contribution >= 4 is 11.6 Å². The number of nitrogens with one attached hydrogen (secondary N) is 1. The summed E-state index contributed by atoms with van der Waals surface area (Å²) in [5, 5.41) is 4.15. The minimum Gasteiger partial charge on any atom is -0.307 e. The molecule has 3 heteroatoms. The molecule has 0 saturated heterocycles. The van der Waals surface area contributed by atoms with Gasteiger partial charge in [0.2, 0.25) is 0 Å². The van der Waals surface area contributed by atoms with Gasteiger partial charge >= 0.3 is 0 Å². The zero-order valence-corrected chi connectivity index (χ0v) is 12.5. The van der Waals surface area contributed by atoms with E-state index in [2.05, 4.69) is 19.2 Å². The molecule has 1 N–H and O–H groups in total. The summed E-state index contributed by atoms with van der Waals surface area (Å²) < 4.78 is 13.0. The largest absolute Gasteiger partial charge is 0.307 e.